The number of benzene rings is 1. The molecule has 0 atom stereocenters. The van der Waals surface area contributed by atoms with Crippen molar-refractivity contribution in [1.82, 2.24) is 9.55 Å². The average molecular weight is 284 g/mol. The molecule has 2 heterocycles. The van der Waals surface area contributed by atoms with E-state index in [2.05, 4.69) is 4.98 Å². The van der Waals surface area contributed by atoms with Crippen molar-refractivity contribution in [3.8, 4) is 0 Å². The van der Waals surface area contributed by atoms with Gasteiger partial charge in [-0.2, -0.15) is 0 Å². The van der Waals surface area contributed by atoms with Crippen molar-refractivity contribution in [2.24, 2.45) is 5.73 Å². The molecule has 5 heteroatoms. The predicted molar refractivity (Wildman–Crippen MR) is 83.5 cm³/mol. The van der Waals surface area contributed by atoms with Crippen molar-refractivity contribution < 1.29 is 0 Å². The van der Waals surface area contributed by atoms with Gasteiger partial charge >= 0.3 is 0 Å². The van der Waals surface area contributed by atoms with Crippen LogP contribution in [0.1, 0.15) is 18.4 Å². The Balaban J connectivity index is 1.84. The summed E-state index contributed by atoms with van der Waals surface area (Å²) in [5.74, 6) is 0.542. The largest absolute Gasteiger partial charge is 0.352 e. The molecule has 110 valence electrons. The summed E-state index contributed by atoms with van der Waals surface area (Å²) < 4.78 is 1.71. The smallest absolute Gasteiger partial charge is 0.293 e. The molecule has 1 fully saturated rings. The molecular weight excluding hydrogens is 264 g/mol. The summed E-state index contributed by atoms with van der Waals surface area (Å²) in [6, 6.07) is 10.2. The van der Waals surface area contributed by atoms with Crippen LogP contribution in [0.3, 0.4) is 0 Å². The van der Waals surface area contributed by atoms with Gasteiger partial charge in [0.15, 0.2) is 5.82 Å². The van der Waals surface area contributed by atoms with Gasteiger partial charge in [0.25, 0.3) is 5.56 Å². The van der Waals surface area contributed by atoms with Crippen LogP contribution in [0.4, 0.5) is 5.82 Å². The van der Waals surface area contributed by atoms with Crippen LogP contribution in [0, 0.1) is 0 Å². The highest BCUT2D eigenvalue weighted by molar-refractivity contribution is 5.36. The van der Waals surface area contributed by atoms with Gasteiger partial charge in [-0.15, -0.1) is 0 Å². The van der Waals surface area contributed by atoms with Gasteiger partial charge in [-0.1, -0.05) is 30.3 Å². The Morgan fingerprint density at radius 2 is 1.90 bits per heavy atom. The summed E-state index contributed by atoms with van der Waals surface area (Å²) in [7, 11) is 0. The SMILES string of the molecule is NC1CCN(c2nccn(Cc3ccccc3)c2=O)CC1. The lowest BCUT2D eigenvalue weighted by Gasteiger charge is -2.30. The number of piperidine rings is 1. The fourth-order valence-corrected chi connectivity index (χ4v) is 2.67. The minimum absolute atomic E-state index is 0.0307. The zero-order valence-electron chi connectivity index (χ0n) is 12.0. The van der Waals surface area contributed by atoms with Crippen molar-refractivity contribution in [2.45, 2.75) is 25.4 Å². The van der Waals surface area contributed by atoms with Crippen LogP contribution in [0.5, 0.6) is 0 Å². The lowest BCUT2D eigenvalue weighted by atomic mass is 10.1. The van der Waals surface area contributed by atoms with E-state index in [-0.39, 0.29) is 11.6 Å². The molecule has 0 aliphatic carbocycles. The number of rotatable bonds is 3. The van der Waals surface area contributed by atoms with Crippen LogP contribution < -0.4 is 16.2 Å². The van der Waals surface area contributed by atoms with Gasteiger partial charge in [-0.3, -0.25) is 4.79 Å². The predicted octanol–water partition coefficient (Wildman–Crippen LogP) is 1.22. The lowest BCUT2D eigenvalue weighted by Crippen LogP contribution is -2.43. The van der Waals surface area contributed by atoms with Crippen LogP contribution in [0.15, 0.2) is 47.5 Å². The first-order valence-corrected chi connectivity index (χ1v) is 7.34. The highest BCUT2D eigenvalue weighted by Gasteiger charge is 2.20. The Morgan fingerprint density at radius 1 is 1.19 bits per heavy atom. The Hall–Kier alpha value is -2.14. The van der Waals surface area contributed by atoms with Gasteiger partial charge in [0.2, 0.25) is 0 Å². The Bertz CT molecular complexity index is 645. The minimum Gasteiger partial charge on any atom is -0.352 e. The van der Waals surface area contributed by atoms with Gasteiger partial charge in [-0.05, 0) is 18.4 Å². The van der Waals surface area contributed by atoms with E-state index in [9.17, 15) is 4.79 Å². The Labute approximate surface area is 124 Å². The maximum absolute atomic E-state index is 12.6. The molecule has 2 N–H and O–H groups in total. The Kier molecular flexibility index (Phi) is 4.01. The van der Waals surface area contributed by atoms with Crippen molar-refractivity contribution in [2.75, 3.05) is 18.0 Å². The first-order valence-electron chi connectivity index (χ1n) is 7.34. The highest BCUT2D eigenvalue weighted by Crippen LogP contribution is 2.13. The first-order chi connectivity index (χ1) is 10.2. The summed E-state index contributed by atoms with van der Waals surface area (Å²) in [6.45, 7) is 2.18. The number of hydrogen-bond acceptors (Lipinski definition) is 4. The Morgan fingerprint density at radius 3 is 2.62 bits per heavy atom. The summed E-state index contributed by atoms with van der Waals surface area (Å²) in [4.78, 5) is 18.9. The van der Waals surface area contributed by atoms with Gasteiger partial charge in [0, 0.05) is 31.5 Å². The van der Waals surface area contributed by atoms with Crippen LogP contribution in [0.2, 0.25) is 0 Å². The third-order valence-electron chi connectivity index (χ3n) is 3.93. The third-order valence-corrected chi connectivity index (χ3v) is 3.93. The molecule has 1 aliphatic rings. The maximum Gasteiger partial charge on any atom is 0.293 e. The second kappa shape index (κ2) is 6.10. The van der Waals surface area contributed by atoms with Gasteiger partial charge < -0.3 is 15.2 Å². The van der Waals surface area contributed by atoms with Gasteiger partial charge in [-0.25, -0.2) is 4.98 Å². The van der Waals surface area contributed by atoms with Crippen molar-refractivity contribution >= 4 is 5.82 Å². The van der Waals surface area contributed by atoms with E-state index in [4.69, 9.17) is 5.73 Å². The van der Waals surface area contributed by atoms with Crippen LogP contribution in [0.25, 0.3) is 0 Å². The molecule has 0 saturated carbocycles. The van der Waals surface area contributed by atoms with Gasteiger partial charge in [0.1, 0.15) is 0 Å². The third kappa shape index (κ3) is 3.13. The van der Waals surface area contributed by atoms with Crippen molar-refractivity contribution in [3.05, 3.63) is 58.6 Å². The van der Waals surface area contributed by atoms with E-state index in [1.807, 2.05) is 35.2 Å². The highest BCUT2D eigenvalue weighted by atomic mass is 16.1. The molecular formula is C16H20N4O. The molecule has 2 aromatic rings. The summed E-state index contributed by atoms with van der Waals surface area (Å²) in [6.07, 6.45) is 5.27. The fourth-order valence-electron chi connectivity index (χ4n) is 2.67. The average Bonchev–Trinajstić information content (AvgIpc) is 2.52. The molecule has 0 amide bonds. The molecule has 0 unspecified atom stereocenters. The second-order valence-electron chi connectivity index (χ2n) is 5.49. The maximum atomic E-state index is 12.6. The first kappa shape index (κ1) is 13.8. The molecule has 1 saturated heterocycles. The van der Waals surface area contributed by atoms with Gasteiger partial charge in [0.05, 0.1) is 6.54 Å². The minimum atomic E-state index is -0.0307. The fraction of sp³-hybridized carbons (Fsp3) is 0.375. The van der Waals surface area contributed by atoms with Crippen LogP contribution >= 0.6 is 0 Å². The van der Waals surface area contributed by atoms with Crippen molar-refractivity contribution in [1.29, 1.82) is 0 Å². The molecule has 0 bridgehead atoms. The molecule has 0 radical (unpaired) electrons. The monoisotopic (exact) mass is 284 g/mol. The second-order valence-corrected chi connectivity index (χ2v) is 5.49. The lowest BCUT2D eigenvalue weighted by molar-refractivity contribution is 0.496. The van der Waals surface area contributed by atoms with Crippen LogP contribution in [-0.2, 0) is 6.54 Å². The standard InChI is InChI=1S/C16H20N4O/c17-14-6-9-19(10-7-14)15-16(21)20(11-8-18-15)12-13-4-2-1-3-5-13/h1-5,8,11,14H,6-7,9-10,12,17H2. The number of nitrogens with zero attached hydrogens (tertiary/aromatic N) is 3. The molecule has 0 spiro atoms. The topological polar surface area (TPSA) is 64.2 Å². The van der Waals surface area contributed by atoms with Crippen molar-refractivity contribution in [3.63, 3.8) is 0 Å². The number of hydrogen-bond donors (Lipinski definition) is 1. The van der Waals surface area contributed by atoms with E-state index >= 15 is 0 Å². The normalized spacial score (nSPS) is 16.1. The van der Waals surface area contributed by atoms with E-state index in [0.29, 0.717) is 12.4 Å². The summed E-state index contributed by atoms with van der Waals surface area (Å²) in [5.41, 5.74) is 6.99. The number of anilines is 1. The molecule has 1 aliphatic heterocycles. The summed E-state index contributed by atoms with van der Waals surface area (Å²) in [5, 5.41) is 0. The van der Waals surface area contributed by atoms with E-state index in [1.165, 1.54) is 0 Å². The zero-order chi connectivity index (χ0) is 14.7. The molecule has 5 nitrogen and oxygen atoms in total. The quantitative estimate of drug-likeness (QED) is 0.920. The summed E-state index contributed by atoms with van der Waals surface area (Å²) >= 11 is 0. The molecule has 3 rings (SSSR count). The molecule has 1 aromatic heterocycles. The number of aromatic nitrogens is 2. The zero-order valence-corrected chi connectivity index (χ0v) is 12.0. The van der Waals surface area contributed by atoms with Crippen LogP contribution in [-0.4, -0.2) is 28.7 Å². The number of nitrogens with two attached hydrogens (primary N) is 1. The van der Waals surface area contributed by atoms with E-state index < -0.39 is 0 Å². The van der Waals surface area contributed by atoms with E-state index in [0.717, 1.165) is 31.5 Å². The molecule has 21 heavy (non-hydrogen) atoms. The molecule has 1 aromatic carbocycles. The van der Waals surface area contributed by atoms with E-state index in [1.54, 1.807) is 17.0 Å².